The highest BCUT2D eigenvalue weighted by Crippen LogP contribution is 2.35. The van der Waals surface area contributed by atoms with Crippen LogP contribution in [0.1, 0.15) is 56.2 Å². The fourth-order valence-corrected chi connectivity index (χ4v) is 3.39. The van der Waals surface area contributed by atoms with E-state index in [1.165, 1.54) is 11.1 Å². The van der Waals surface area contributed by atoms with E-state index < -0.39 is 5.97 Å². The van der Waals surface area contributed by atoms with Crippen molar-refractivity contribution in [1.29, 1.82) is 0 Å². The third kappa shape index (κ3) is 3.32. The number of benzene rings is 2. The summed E-state index contributed by atoms with van der Waals surface area (Å²) >= 11 is 0. The highest BCUT2D eigenvalue weighted by Gasteiger charge is 2.18. The summed E-state index contributed by atoms with van der Waals surface area (Å²) in [6, 6.07) is 14.6. The van der Waals surface area contributed by atoms with Crippen LogP contribution in [0.3, 0.4) is 0 Å². The number of rotatable bonds is 5. The number of nitrogens with one attached hydrogen (secondary N) is 1. The van der Waals surface area contributed by atoms with Crippen molar-refractivity contribution >= 4 is 16.9 Å². The number of H-pyrrole nitrogens is 1. The van der Waals surface area contributed by atoms with Crippen LogP contribution in [0.4, 0.5) is 0 Å². The number of aliphatic carboxylic acids is 1. The largest absolute Gasteiger partial charge is 0.481 e. The average molecular weight is 335 g/mol. The van der Waals surface area contributed by atoms with Gasteiger partial charge in [-0.1, -0.05) is 70.2 Å². The molecule has 0 aliphatic heterocycles. The molecule has 2 N–H and O–H groups in total. The lowest BCUT2D eigenvalue weighted by Gasteiger charge is -2.07. The molecule has 0 aliphatic carbocycles. The van der Waals surface area contributed by atoms with Gasteiger partial charge in [-0.05, 0) is 34.1 Å². The molecule has 1 heterocycles. The van der Waals surface area contributed by atoms with Crippen molar-refractivity contribution < 1.29 is 9.90 Å². The zero-order chi connectivity index (χ0) is 18.1. The van der Waals surface area contributed by atoms with Crippen LogP contribution in [0.5, 0.6) is 0 Å². The van der Waals surface area contributed by atoms with Gasteiger partial charge in [0.05, 0.1) is 12.1 Å². The summed E-state index contributed by atoms with van der Waals surface area (Å²) in [6.45, 7) is 8.65. The molecular weight excluding hydrogens is 310 g/mol. The molecule has 0 unspecified atom stereocenters. The Morgan fingerprint density at radius 1 is 1.00 bits per heavy atom. The first kappa shape index (κ1) is 17.3. The van der Waals surface area contributed by atoms with Crippen LogP contribution in [-0.2, 0) is 11.2 Å². The number of carboxylic acids is 1. The summed E-state index contributed by atoms with van der Waals surface area (Å²) in [5.41, 5.74) is 6.36. The normalized spacial score (nSPS) is 11.6. The third-order valence-electron chi connectivity index (χ3n) is 4.79. The first-order valence-corrected chi connectivity index (χ1v) is 8.84. The van der Waals surface area contributed by atoms with Gasteiger partial charge >= 0.3 is 5.97 Å². The second kappa shape index (κ2) is 6.75. The molecule has 0 saturated carbocycles. The first-order valence-electron chi connectivity index (χ1n) is 8.84. The number of carbonyl (C=O) groups is 1. The third-order valence-corrected chi connectivity index (χ3v) is 4.79. The summed E-state index contributed by atoms with van der Waals surface area (Å²) in [7, 11) is 0. The fourth-order valence-electron chi connectivity index (χ4n) is 3.39. The van der Waals surface area contributed by atoms with E-state index in [0.29, 0.717) is 11.8 Å². The van der Waals surface area contributed by atoms with Gasteiger partial charge in [0, 0.05) is 10.9 Å². The van der Waals surface area contributed by atoms with Crippen LogP contribution in [0.25, 0.3) is 22.2 Å². The zero-order valence-corrected chi connectivity index (χ0v) is 15.3. The minimum atomic E-state index is -0.809. The van der Waals surface area contributed by atoms with Crippen molar-refractivity contribution in [2.45, 2.75) is 46.0 Å². The minimum absolute atomic E-state index is 0.0167. The smallest absolute Gasteiger partial charge is 0.307 e. The highest BCUT2D eigenvalue weighted by molar-refractivity contribution is 5.95. The molecule has 0 fully saturated rings. The van der Waals surface area contributed by atoms with E-state index in [1.807, 2.05) is 12.1 Å². The molecular formula is C22H25NO2. The number of hydrogen-bond acceptors (Lipinski definition) is 1. The number of fused-ring (bicyclic) bond motifs is 1. The second-order valence-electron chi connectivity index (χ2n) is 7.25. The summed E-state index contributed by atoms with van der Waals surface area (Å²) in [4.78, 5) is 15.0. The number of hydrogen-bond donors (Lipinski definition) is 2. The van der Waals surface area contributed by atoms with Gasteiger partial charge in [0.1, 0.15) is 0 Å². The van der Waals surface area contributed by atoms with E-state index in [-0.39, 0.29) is 6.42 Å². The van der Waals surface area contributed by atoms with Crippen molar-refractivity contribution in [2.24, 2.45) is 0 Å². The summed E-state index contributed by atoms with van der Waals surface area (Å²) in [5, 5.41) is 10.4. The van der Waals surface area contributed by atoms with E-state index in [2.05, 4.69) is 63.0 Å². The molecule has 3 aromatic rings. The first-order chi connectivity index (χ1) is 11.9. The lowest BCUT2D eigenvalue weighted by atomic mass is 9.96. The molecule has 3 heteroatoms. The molecule has 0 radical (unpaired) electrons. The average Bonchev–Trinajstić information content (AvgIpc) is 2.92. The predicted molar refractivity (Wildman–Crippen MR) is 103 cm³/mol. The molecule has 0 atom stereocenters. The van der Waals surface area contributed by atoms with E-state index in [1.54, 1.807) is 0 Å². The van der Waals surface area contributed by atoms with E-state index in [9.17, 15) is 9.90 Å². The molecule has 2 aromatic carbocycles. The van der Waals surface area contributed by atoms with E-state index >= 15 is 0 Å². The Labute approximate surface area is 148 Å². The molecule has 0 bridgehead atoms. The standard InChI is InChI=1S/C22H25NO2/c1-13(2)15-8-10-16(11-9-15)21-19(12-20(24)25)18-7-5-6-17(14(3)4)22(18)23-21/h5-11,13-14,23H,12H2,1-4H3,(H,24,25). The molecule has 0 saturated heterocycles. The lowest BCUT2D eigenvalue weighted by Crippen LogP contribution is -2.01. The number of para-hydroxylation sites is 1. The Bertz CT molecular complexity index is 902. The monoisotopic (exact) mass is 335 g/mol. The Balaban J connectivity index is 2.22. The summed E-state index contributed by atoms with van der Waals surface area (Å²) in [5.74, 6) is 0.0369. The topological polar surface area (TPSA) is 53.1 Å². The van der Waals surface area contributed by atoms with E-state index in [0.717, 1.165) is 27.7 Å². The SMILES string of the molecule is CC(C)c1ccc(-c2[nH]c3c(C(C)C)cccc3c2CC(=O)O)cc1. The van der Waals surface area contributed by atoms with Gasteiger partial charge in [-0.25, -0.2) is 0 Å². The van der Waals surface area contributed by atoms with Gasteiger partial charge < -0.3 is 10.1 Å². The molecule has 130 valence electrons. The molecule has 3 nitrogen and oxygen atoms in total. The van der Waals surface area contributed by atoms with Crippen LogP contribution in [0.2, 0.25) is 0 Å². The minimum Gasteiger partial charge on any atom is -0.481 e. The molecule has 0 spiro atoms. The van der Waals surface area contributed by atoms with Gasteiger partial charge in [-0.15, -0.1) is 0 Å². The maximum absolute atomic E-state index is 11.4. The van der Waals surface area contributed by atoms with Crippen molar-refractivity contribution in [3.8, 4) is 11.3 Å². The molecule has 0 aliphatic rings. The zero-order valence-electron chi connectivity index (χ0n) is 15.3. The quantitative estimate of drug-likeness (QED) is 0.627. The highest BCUT2D eigenvalue weighted by atomic mass is 16.4. The lowest BCUT2D eigenvalue weighted by molar-refractivity contribution is -0.136. The van der Waals surface area contributed by atoms with Crippen molar-refractivity contribution in [3.63, 3.8) is 0 Å². The maximum atomic E-state index is 11.4. The number of aromatic nitrogens is 1. The van der Waals surface area contributed by atoms with Gasteiger partial charge in [0.2, 0.25) is 0 Å². The van der Waals surface area contributed by atoms with Crippen LogP contribution < -0.4 is 0 Å². The van der Waals surface area contributed by atoms with Gasteiger partial charge in [0.15, 0.2) is 0 Å². The predicted octanol–water partition coefficient (Wildman–Crippen LogP) is 5.71. The molecule has 25 heavy (non-hydrogen) atoms. The summed E-state index contributed by atoms with van der Waals surface area (Å²) < 4.78 is 0. The Morgan fingerprint density at radius 2 is 1.68 bits per heavy atom. The summed E-state index contributed by atoms with van der Waals surface area (Å²) in [6.07, 6.45) is 0.0167. The number of aromatic amines is 1. The van der Waals surface area contributed by atoms with Crippen molar-refractivity contribution in [2.75, 3.05) is 0 Å². The van der Waals surface area contributed by atoms with Crippen molar-refractivity contribution in [3.05, 3.63) is 59.2 Å². The Kier molecular flexibility index (Phi) is 4.67. The van der Waals surface area contributed by atoms with Gasteiger partial charge in [-0.3, -0.25) is 4.79 Å². The number of carboxylic acid groups (broad SMARTS) is 1. The van der Waals surface area contributed by atoms with Crippen molar-refractivity contribution in [1.82, 2.24) is 4.98 Å². The molecule has 0 amide bonds. The second-order valence-corrected chi connectivity index (χ2v) is 7.25. The molecule has 3 rings (SSSR count). The molecule has 1 aromatic heterocycles. The van der Waals surface area contributed by atoms with Crippen LogP contribution in [0.15, 0.2) is 42.5 Å². The van der Waals surface area contributed by atoms with Gasteiger partial charge in [0.25, 0.3) is 0 Å². The van der Waals surface area contributed by atoms with Gasteiger partial charge in [-0.2, -0.15) is 0 Å². The maximum Gasteiger partial charge on any atom is 0.307 e. The fraction of sp³-hybridized carbons (Fsp3) is 0.318. The van der Waals surface area contributed by atoms with E-state index in [4.69, 9.17) is 0 Å². The van der Waals surface area contributed by atoms with Crippen LogP contribution in [0, 0.1) is 0 Å². The van der Waals surface area contributed by atoms with Crippen LogP contribution in [-0.4, -0.2) is 16.1 Å². The van der Waals surface area contributed by atoms with Crippen LogP contribution >= 0.6 is 0 Å². The Morgan fingerprint density at radius 3 is 2.24 bits per heavy atom. The Hall–Kier alpha value is -2.55.